The van der Waals surface area contributed by atoms with Crippen molar-refractivity contribution in [3.63, 3.8) is 0 Å². The predicted molar refractivity (Wildman–Crippen MR) is 83.2 cm³/mol. The number of carbonyl (C=O) groups excluding carboxylic acids is 2. The highest BCUT2D eigenvalue weighted by atomic mass is 16.2. The molecule has 1 heterocycles. The van der Waals surface area contributed by atoms with Crippen LogP contribution in [0.3, 0.4) is 0 Å². The van der Waals surface area contributed by atoms with Gasteiger partial charge in [0, 0.05) is 18.8 Å². The van der Waals surface area contributed by atoms with Crippen molar-refractivity contribution in [1.29, 1.82) is 0 Å². The number of benzene rings is 1. The molecule has 114 valence electrons. The second-order valence-electron chi connectivity index (χ2n) is 5.59. The molecule has 1 aromatic rings. The minimum absolute atomic E-state index is 0.00671. The first-order chi connectivity index (χ1) is 10.0. The Hall–Kier alpha value is -2.04. The molecular weight excluding hydrogens is 266 g/mol. The number of carbonyl (C=O) groups is 2. The van der Waals surface area contributed by atoms with E-state index < -0.39 is 0 Å². The highest BCUT2D eigenvalue weighted by Crippen LogP contribution is 2.13. The van der Waals surface area contributed by atoms with Crippen LogP contribution in [0.2, 0.25) is 0 Å². The zero-order valence-corrected chi connectivity index (χ0v) is 12.7. The Balaban J connectivity index is 1.73. The van der Waals surface area contributed by atoms with Crippen molar-refractivity contribution in [2.24, 2.45) is 0 Å². The second kappa shape index (κ2) is 7.11. The number of likely N-dealkylation sites (tertiary alicyclic amines) is 1. The molecule has 5 nitrogen and oxygen atoms in total. The SMILES string of the molecule is Cc1cc(C)cc(NCC(=O)NCC(=O)N2CCCC2)c1. The monoisotopic (exact) mass is 289 g/mol. The van der Waals surface area contributed by atoms with Crippen LogP contribution in [-0.4, -0.2) is 42.9 Å². The van der Waals surface area contributed by atoms with Crippen LogP contribution in [-0.2, 0) is 9.59 Å². The summed E-state index contributed by atoms with van der Waals surface area (Å²) in [5.41, 5.74) is 3.23. The van der Waals surface area contributed by atoms with Crippen LogP contribution in [0.1, 0.15) is 24.0 Å². The van der Waals surface area contributed by atoms with Gasteiger partial charge in [-0.3, -0.25) is 9.59 Å². The number of anilines is 1. The highest BCUT2D eigenvalue weighted by Gasteiger charge is 2.17. The largest absolute Gasteiger partial charge is 0.376 e. The van der Waals surface area contributed by atoms with Crippen LogP contribution in [0.15, 0.2) is 18.2 Å². The molecule has 5 heteroatoms. The molecule has 1 saturated heterocycles. The van der Waals surface area contributed by atoms with E-state index in [-0.39, 0.29) is 24.9 Å². The lowest BCUT2D eigenvalue weighted by molar-refractivity contribution is -0.131. The standard InChI is InChI=1S/C16H23N3O2/c1-12-7-13(2)9-14(8-12)17-10-15(20)18-11-16(21)19-5-3-4-6-19/h7-9,17H,3-6,10-11H2,1-2H3,(H,18,20). The quantitative estimate of drug-likeness (QED) is 0.862. The van der Waals surface area contributed by atoms with Crippen molar-refractivity contribution < 1.29 is 9.59 Å². The van der Waals surface area contributed by atoms with Gasteiger partial charge in [0.25, 0.3) is 0 Å². The third-order valence-electron chi connectivity index (χ3n) is 3.57. The van der Waals surface area contributed by atoms with E-state index >= 15 is 0 Å². The Morgan fingerprint density at radius 1 is 1.05 bits per heavy atom. The Morgan fingerprint density at radius 3 is 2.29 bits per heavy atom. The fourth-order valence-electron chi connectivity index (χ4n) is 2.57. The summed E-state index contributed by atoms with van der Waals surface area (Å²) < 4.78 is 0. The maximum Gasteiger partial charge on any atom is 0.241 e. The lowest BCUT2D eigenvalue weighted by Crippen LogP contribution is -2.40. The van der Waals surface area contributed by atoms with Crippen molar-refractivity contribution in [1.82, 2.24) is 10.2 Å². The second-order valence-corrected chi connectivity index (χ2v) is 5.59. The average Bonchev–Trinajstić information content (AvgIpc) is 2.95. The third-order valence-corrected chi connectivity index (χ3v) is 3.57. The Morgan fingerprint density at radius 2 is 1.67 bits per heavy atom. The molecule has 0 aromatic heterocycles. The maximum absolute atomic E-state index is 11.8. The van der Waals surface area contributed by atoms with Gasteiger partial charge in [-0.25, -0.2) is 0 Å². The molecule has 2 N–H and O–H groups in total. The van der Waals surface area contributed by atoms with E-state index in [1.165, 1.54) is 0 Å². The van der Waals surface area contributed by atoms with Gasteiger partial charge in [-0.1, -0.05) is 6.07 Å². The molecule has 1 aliphatic rings. The van der Waals surface area contributed by atoms with Crippen molar-refractivity contribution in [2.45, 2.75) is 26.7 Å². The number of nitrogens with zero attached hydrogens (tertiary/aromatic N) is 1. The molecule has 0 atom stereocenters. The minimum atomic E-state index is -0.165. The zero-order chi connectivity index (χ0) is 15.2. The molecule has 1 aromatic carbocycles. The molecule has 1 fully saturated rings. The molecular formula is C16H23N3O2. The summed E-state index contributed by atoms with van der Waals surface area (Å²) in [6, 6.07) is 6.07. The van der Waals surface area contributed by atoms with Gasteiger partial charge in [-0.05, 0) is 49.9 Å². The molecule has 0 radical (unpaired) electrons. The van der Waals surface area contributed by atoms with Gasteiger partial charge >= 0.3 is 0 Å². The molecule has 0 aliphatic carbocycles. The van der Waals surface area contributed by atoms with Crippen molar-refractivity contribution in [3.8, 4) is 0 Å². The van der Waals surface area contributed by atoms with Gasteiger partial charge in [-0.2, -0.15) is 0 Å². The topological polar surface area (TPSA) is 61.4 Å². The van der Waals surface area contributed by atoms with E-state index in [1.807, 2.05) is 26.0 Å². The minimum Gasteiger partial charge on any atom is -0.376 e. The van der Waals surface area contributed by atoms with Gasteiger partial charge in [0.2, 0.25) is 11.8 Å². The Kier molecular flexibility index (Phi) is 5.20. The molecule has 0 bridgehead atoms. The molecule has 2 rings (SSSR count). The molecule has 0 unspecified atom stereocenters. The van der Waals surface area contributed by atoms with Crippen LogP contribution >= 0.6 is 0 Å². The molecule has 0 saturated carbocycles. The maximum atomic E-state index is 11.8. The smallest absolute Gasteiger partial charge is 0.241 e. The van der Waals surface area contributed by atoms with Crippen molar-refractivity contribution >= 4 is 17.5 Å². The van der Waals surface area contributed by atoms with Crippen LogP contribution in [0.4, 0.5) is 5.69 Å². The van der Waals surface area contributed by atoms with Crippen LogP contribution in [0.5, 0.6) is 0 Å². The van der Waals surface area contributed by atoms with Gasteiger partial charge in [0.15, 0.2) is 0 Å². The van der Waals surface area contributed by atoms with Gasteiger partial charge in [-0.15, -0.1) is 0 Å². The fraction of sp³-hybridized carbons (Fsp3) is 0.500. The first kappa shape index (κ1) is 15.4. The first-order valence-electron chi connectivity index (χ1n) is 7.41. The van der Waals surface area contributed by atoms with E-state index in [0.717, 1.165) is 42.7 Å². The highest BCUT2D eigenvalue weighted by molar-refractivity contribution is 5.86. The Labute approximate surface area is 125 Å². The summed E-state index contributed by atoms with van der Waals surface area (Å²) in [5, 5.41) is 5.75. The lowest BCUT2D eigenvalue weighted by Gasteiger charge is -2.15. The number of aryl methyl sites for hydroxylation is 2. The number of hydrogen-bond donors (Lipinski definition) is 2. The summed E-state index contributed by atoms with van der Waals surface area (Å²) in [7, 11) is 0. The van der Waals surface area contributed by atoms with E-state index in [0.29, 0.717) is 0 Å². The van der Waals surface area contributed by atoms with E-state index in [1.54, 1.807) is 4.90 Å². The van der Waals surface area contributed by atoms with E-state index in [2.05, 4.69) is 16.7 Å². The molecule has 0 spiro atoms. The third kappa shape index (κ3) is 4.77. The number of nitrogens with one attached hydrogen (secondary N) is 2. The summed E-state index contributed by atoms with van der Waals surface area (Å²) in [6.07, 6.45) is 2.13. The lowest BCUT2D eigenvalue weighted by atomic mass is 10.1. The van der Waals surface area contributed by atoms with Gasteiger partial charge in [0.05, 0.1) is 13.1 Å². The fourth-order valence-corrected chi connectivity index (χ4v) is 2.57. The van der Waals surface area contributed by atoms with Crippen LogP contribution < -0.4 is 10.6 Å². The predicted octanol–water partition coefficient (Wildman–Crippen LogP) is 1.45. The number of rotatable bonds is 5. The van der Waals surface area contributed by atoms with Crippen LogP contribution in [0, 0.1) is 13.8 Å². The average molecular weight is 289 g/mol. The van der Waals surface area contributed by atoms with E-state index in [4.69, 9.17) is 0 Å². The summed E-state index contributed by atoms with van der Waals surface area (Å²) in [5.74, 6) is -0.158. The number of amides is 2. The summed E-state index contributed by atoms with van der Waals surface area (Å²) in [4.78, 5) is 25.4. The summed E-state index contributed by atoms with van der Waals surface area (Å²) in [6.45, 7) is 5.94. The zero-order valence-electron chi connectivity index (χ0n) is 12.7. The Bertz CT molecular complexity index is 502. The number of hydrogen-bond acceptors (Lipinski definition) is 3. The van der Waals surface area contributed by atoms with Crippen LogP contribution in [0.25, 0.3) is 0 Å². The van der Waals surface area contributed by atoms with Gasteiger partial charge in [0.1, 0.15) is 0 Å². The molecule has 2 amide bonds. The van der Waals surface area contributed by atoms with E-state index in [9.17, 15) is 9.59 Å². The summed E-state index contributed by atoms with van der Waals surface area (Å²) >= 11 is 0. The normalized spacial score (nSPS) is 14.1. The van der Waals surface area contributed by atoms with Crippen molar-refractivity contribution in [3.05, 3.63) is 29.3 Å². The molecule has 21 heavy (non-hydrogen) atoms. The first-order valence-corrected chi connectivity index (χ1v) is 7.41. The molecule has 1 aliphatic heterocycles. The van der Waals surface area contributed by atoms with Gasteiger partial charge < -0.3 is 15.5 Å². The van der Waals surface area contributed by atoms with Crippen molar-refractivity contribution in [2.75, 3.05) is 31.5 Å².